The van der Waals surface area contributed by atoms with Gasteiger partial charge < -0.3 is 10.5 Å². The Morgan fingerprint density at radius 2 is 2.19 bits per heavy atom. The minimum absolute atomic E-state index is 0.419. The van der Waals surface area contributed by atoms with Crippen LogP contribution in [-0.4, -0.2) is 22.1 Å². The molecule has 0 saturated carbocycles. The first-order valence-electron chi connectivity index (χ1n) is 4.74. The molecule has 0 amide bonds. The van der Waals surface area contributed by atoms with Gasteiger partial charge in [-0.3, -0.25) is 0 Å². The molecule has 0 aliphatic carbocycles. The molecule has 0 radical (unpaired) electrons. The second-order valence-corrected chi connectivity index (χ2v) is 4.35. The molecule has 84 valence electrons. The van der Waals surface area contributed by atoms with E-state index in [4.69, 9.17) is 10.5 Å². The van der Waals surface area contributed by atoms with Crippen molar-refractivity contribution in [2.24, 2.45) is 0 Å². The van der Waals surface area contributed by atoms with Crippen LogP contribution in [0.4, 0.5) is 5.82 Å². The first kappa shape index (κ1) is 11.0. The van der Waals surface area contributed by atoms with Crippen LogP contribution >= 0.6 is 11.3 Å². The number of methoxy groups -OCH3 is 1. The molecular weight excluding hydrogens is 224 g/mol. The van der Waals surface area contributed by atoms with Crippen LogP contribution in [0.5, 0.6) is 0 Å². The maximum absolute atomic E-state index is 5.70. The summed E-state index contributed by atoms with van der Waals surface area (Å²) in [6.07, 6.45) is 0. The van der Waals surface area contributed by atoms with Gasteiger partial charge in [-0.25, -0.2) is 15.0 Å². The molecule has 0 bridgehead atoms. The topological polar surface area (TPSA) is 73.9 Å². The van der Waals surface area contributed by atoms with Crippen molar-refractivity contribution in [2.75, 3.05) is 12.8 Å². The zero-order valence-corrected chi connectivity index (χ0v) is 9.91. The fourth-order valence-corrected chi connectivity index (χ4v) is 1.91. The van der Waals surface area contributed by atoms with E-state index in [2.05, 4.69) is 15.0 Å². The van der Waals surface area contributed by atoms with Crippen molar-refractivity contribution >= 4 is 17.2 Å². The van der Waals surface area contributed by atoms with Gasteiger partial charge in [-0.1, -0.05) is 0 Å². The van der Waals surface area contributed by atoms with Gasteiger partial charge in [0.25, 0.3) is 0 Å². The highest BCUT2D eigenvalue weighted by molar-refractivity contribution is 7.09. The summed E-state index contributed by atoms with van der Waals surface area (Å²) in [5.41, 5.74) is 7.22. The van der Waals surface area contributed by atoms with Gasteiger partial charge in [-0.05, 0) is 6.92 Å². The minimum Gasteiger partial charge on any atom is -0.384 e. The highest BCUT2D eigenvalue weighted by Gasteiger charge is 2.08. The maximum Gasteiger partial charge on any atom is 0.181 e. The Morgan fingerprint density at radius 1 is 1.38 bits per heavy atom. The van der Waals surface area contributed by atoms with Crippen molar-refractivity contribution in [2.45, 2.75) is 13.5 Å². The van der Waals surface area contributed by atoms with E-state index in [9.17, 15) is 0 Å². The molecule has 2 N–H and O–H groups in total. The summed E-state index contributed by atoms with van der Waals surface area (Å²) in [5, 5.41) is 2.90. The number of aryl methyl sites for hydroxylation is 1. The summed E-state index contributed by atoms with van der Waals surface area (Å²) < 4.78 is 5.02. The highest BCUT2D eigenvalue weighted by atomic mass is 32.1. The van der Waals surface area contributed by atoms with E-state index in [1.54, 1.807) is 24.5 Å². The summed E-state index contributed by atoms with van der Waals surface area (Å²) in [7, 11) is 1.62. The summed E-state index contributed by atoms with van der Waals surface area (Å²) in [4.78, 5) is 12.8. The highest BCUT2D eigenvalue weighted by Crippen LogP contribution is 2.19. The Labute approximate surface area is 97.3 Å². The minimum atomic E-state index is 0.419. The molecule has 0 spiro atoms. The van der Waals surface area contributed by atoms with Gasteiger partial charge in [-0.15, -0.1) is 11.3 Å². The fraction of sp³-hybridized carbons (Fsp3) is 0.300. The number of aromatic nitrogens is 3. The molecule has 2 aromatic heterocycles. The van der Waals surface area contributed by atoms with E-state index in [1.165, 1.54) is 0 Å². The molecule has 0 atom stereocenters. The smallest absolute Gasteiger partial charge is 0.181 e. The van der Waals surface area contributed by atoms with Gasteiger partial charge in [0.1, 0.15) is 11.5 Å². The molecule has 0 aromatic carbocycles. The molecule has 6 heteroatoms. The summed E-state index contributed by atoms with van der Waals surface area (Å²) in [6, 6.07) is 1.70. The number of ether oxygens (including phenoxy) is 1. The predicted octanol–water partition coefficient (Wildman–Crippen LogP) is 1.64. The number of nitrogen functional groups attached to an aromatic ring is 1. The van der Waals surface area contributed by atoms with Crippen LogP contribution in [0.1, 0.15) is 10.7 Å². The number of anilines is 1. The summed E-state index contributed by atoms with van der Waals surface area (Å²) >= 11 is 1.56. The van der Waals surface area contributed by atoms with Crippen molar-refractivity contribution in [3.63, 3.8) is 0 Å². The Bertz CT molecular complexity index is 497. The van der Waals surface area contributed by atoms with E-state index in [-0.39, 0.29) is 0 Å². The zero-order valence-electron chi connectivity index (χ0n) is 9.10. The summed E-state index contributed by atoms with van der Waals surface area (Å²) in [5.74, 6) is 0.985. The maximum atomic E-state index is 5.70. The van der Waals surface area contributed by atoms with Crippen LogP contribution in [0.25, 0.3) is 11.5 Å². The monoisotopic (exact) mass is 236 g/mol. The van der Waals surface area contributed by atoms with Gasteiger partial charge in [0.2, 0.25) is 0 Å². The lowest BCUT2D eigenvalue weighted by atomic mass is 10.3. The van der Waals surface area contributed by atoms with E-state index in [1.807, 2.05) is 12.3 Å². The van der Waals surface area contributed by atoms with Crippen LogP contribution in [0.2, 0.25) is 0 Å². The molecule has 5 nitrogen and oxygen atoms in total. The third kappa shape index (κ3) is 2.34. The molecule has 2 rings (SSSR count). The Hall–Kier alpha value is -1.53. The lowest BCUT2D eigenvalue weighted by Crippen LogP contribution is -2.01. The van der Waals surface area contributed by atoms with Gasteiger partial charge >= 0.3 is 0 Å². The van der Waals surface area contributed by atoms with E-state index < -0.39 is 0 Å². The summed E-state index contributed by atoms with van der Waals surface area (Å²) in [6.45, 7) is 2.36. The lowest BCUT2D eigenvalue weighted by Gasteiger charge is -2.02. The SMILES string of the molecule is COCc1cc(N)nc(-c2csc(C)n2)n1. The molecule has 0 saturated heterocycles. The van der Waals surface area contributed by atoms with Crippen molar-refractivity contribution in [1.82, 2.24) is 15.0 Å². The molecule has 0 aliphatic heterocycles. The third-order valence-electron chi connectivity index (χ3n) is 1.94. The predicted molar refractivity (Wildman–Crippen MR) is 63.0 cm³/mol. The Kier molecular flexibility index (Phi) is 3.12. The van der Waals surface area contributed by atoms with E-state index in [0.717, 1.165) is 16.4 Å². The van der Waals surface area contributed by atoms with Gasteiger partial charge in [0.15, 0.2) is 5.82 Å². The second kappa shape index (κ2) is 4.54. The number of nitrogens with zero attached hydrogens (tertiary/aromatic N) is 3. The number of hydrogen-bond donors (Lipinski definition) is 1. The number of nitrogens with two attached hydrogens (primary N) is 1. The van der Waals surface area contributed by atoms with Crippen LogP contribution in [0.3, 0.4) is 0 Å². The Morgan fingerprint density at radius 3 is 2.81 bits per heavy atom. The molecule has 2 aromatic rings. The molecule has 0 unspecified atom stereocenters. The van der Waals surface area contributed by atoms with Crippen molar-refractivity contribution in [3.05, 3.63) is 22.1 Å². The number of rotatable bonds is 3. The first-order valence-corrected chi connectivity index (χ1v) is 5.62. The van der Waals surface area contributed by atoms with Crippen LogP contribution in [-0.2, 0) is 11.3 Å². The normalized spacial score (nSPS) is 10.6. The largest absolute Gasteiger partial charge is 0.384 e. The van der Waals surface area contributed by atoms with Crippen LogP contribution in [0, 0.1) is 6.92 Å². The van der Waals surface area contributed by atoms with E-state index in [0.29, 0.717) is 18.2 Å². The van der Waals surface area contributed by atoms with Crippen LogP contribution < -0.4 is 5.73 Å². The van der Waals surface area contributed by atoms with Crippen molar-refractivity contribution in [3.8, 4) is 11.5 Å². The van der Waals surface area contributed by atoms with Crippen molar-refractivity contribution < 1.29 is 4.74 Å². The average molecular weight is 236 g/mol. The lowest BCUT2D eigenvalue weighted by molar-refractivity contribution is 0.181. The zero-order chi connectivity index (χ0) is 11.5. The average Bonchev–Trinajstić information content (AvgIpc) is 2.64. The molecule has 2 heterocycles. The third-order valence-corrected chi connectivity index (χ3v) is 2.71. The van der Waals surface area contributed by atoms with Gasteiger partial charge in [-0.2, -0.15) is 0 Å². The molecule has 16 heavy (non-hydrogen) atoms. The second-order valence-electron chi connectivity index (χ2n) is 3.29. The first-order chi connectivity index (χ1) is 7.69. The van der Waals surface area contributed by atoms with Crippen LogP contribution in [0.15, 0.2) is 11.4 Å². The van der Waals surface area contributed by atoms with Gasteiger partial charge in [0.05, 0.1) is 17.3 Å². The Balaban J connectivity index is 2.40. The molecule has 0 fully saturated rings. The van der Waals surface area contributed by atoms with Crippen molar-refractivity contribution in [1.29, 1.82) is 0 Å². The fourth-order valence-electron chi connectivity index (χ4n) is 1.32. The number of hydrogen-bond acceptors (Lipinski definition) is 6. The quantitative estimate of drug-likeness (QED) is 0.876. The van der Waals surface area contributed by atoms with Gasteiger partial charge in [0, 0.05) is 18.6 Å². The molecular formula is C10H12N4OS. The van der Waals surface area contributed by atoms with E-state index >= 15 is 0 Å². The standard InChI is InChI=1S/C10H12N4OS/c1-6-12-8(5-16-6)10-13-7(4-15-2)3-9(11)14-10/h3,5H,4H2,1-2H3,(H2,11,13,14). The molecule has 0 aliphatic rings. The number of thiazole rings is 1.